The van der Waals surface area contributed by atoms with Crippen LogP contribution in [0.1, 0.15) is 20.3 Å². The Bertz CT molecular complexity index is 1310. The van der Waals surface area contributed by atoms with Gasteiger partial charge in [0, 0.05) is 43.5 Å². The molecule has 0 spiro atoms. The van der Waals surface area contributed by atoms with Gasteiger partial charge >= 0.3 is 0 Å². The summed E-state index contributed by atoms with van der Waals surface area (Å²) in [5.74, 6) is 0.530. The lowest BCUT2D eigenvalue weighted by atomic mass is 10.0. The van der Waals surface area contributed by atoms with E-state index >= 15 is 0 Å². The van der Waals surface area contributed by atoms with E-state index in [2.05, 4.69) is 18.7 Å². The van der Waals surface area contributed by atoms with Gasteiger partial charge in [0.05, 0.1) is 5.69 Å². The highest BCUT2D eigenvalue weighted by Gasteiger charge is 2.38. The molecule has 3 aromatic carbocycles. The molecule has 0 aliphatic carbocycles. The summed E-state index contributed by atoms with van der Waals surface area (Å²) >= 11 is 0. The molecule has 4 rings (SSSR count). The molecule has 0 fully saturated rings. The maximum Gasteiger partial charge on any atom is 0.245 e. The van der Waals surface area contributed by atoms with Gasteiger partial charge in [-0.05, 0) is 62.3 Å². The topological polar surface area (TPSA) is 53.1 Å². The molecule has 0 unspecified atom stereocenters. The van der Waals surface area contributed by atoms with Crippen LogP contribution in [-0.4, -0.2) is 64.5 Å². The standard InChI is InChI=1S/C29H36FN3O3S/c1-21(2)17-25-20-33(24-9-7-6-8-10-24)27-19-28(36-16-15-31(3)4)26(22-11-13-23(30)14-12-22)18-29(27)37(34,35)32(25)5/h6-14,18-19,21,25H,15-17,20H2,1-5H3/t25-/m1/s1. The number of hydrogen-bond donors (Lipinski definition) is 0. The summed E-state index contributed by atoms with van der Waals surface area (Å²) in [7, 11) is 1.77. The average Bonchev–Trinajstić information content (AvgIpc) is 2.93. The lowest BCUT2D eigenvalue weighted by Crippen LogP contribution is -2.41. The zero-order chi connectivity index (χ0) is 26.7. The summed E-state index contributed by atoms with van der Waals surface area (Å²) in [6.07, 6.45) is 0.726. The molecule has 1 atom stereocenters. The van der Waals surface area contributed by atoms with E-state index in [4.69, 9.17) is 4.74 Å². The second-order valence-electron chi connectivity index (χ2n) is 10.2. The molecule has 3 aromatic rings. The molecule has 0 radical (unpaired) electrons. The average molecular weight is 526 g/mol. The zero-order valence-electron chi connectivity index (χ0n) is 22.2. The molecule has 0 amide bonds. The largest absolute Gasteiger partial charge is 0.492 e. The van der Waals surface area contributed by atoms with Crippen LogP contribution in [0.25, 0.3) is 11.1 Å². The quantitative estimate of drug-likeness (QED) is 0.382. The van der Waals surface area contributed by atoms with Crippen LogP contribution in [-0.2, 0) is 10.0 Å². The molecule has 0 bridgehead atoms. The molecule has 6 nitrogen and oxygen atoms in total. The van der Waals surface area contributed by atoms with Gasteiger partial charge < -0.3 is 14.5 Å². The van der Waals surface area contributed by atoms with Crippen LogP contribution in [0.5, 0.6) is 5.75 Å². The highest BCUT2D eigenvalue weighted by Crippen LogP contribution is 2.44. The Morgan fingerprint density at radius 3 is 2.35 bits per heavy atom. The third-order valence-corrected chi connectivity index (χ3v) is 8.62. The van der Waals surface area contributed by atoms with Crippen molar-refractivity contribution < 1.29 is 17.5 Å². The highest BCUT2D eigenvalue weighted by molar-refractivity contribution is 7.89. The number of benzene rings is 3. The molecule has 37 heavy (non-hydrogen) atoms. The first kappa shape index (κ1) is 27.1. The summed E-state index contributed by atoms with van der Waals surface area (Å²) in [5, 5.41) is 0. The minimum Gasteiger partial charge on any atom is -0.492 e. The Morgan fingerprint density at radius 1 is 1.05 bits per heavy atom. The molecule has 1 heterocycles. The summed E-state index contributed by atoms with van der Waals surface area (Å²) < 4.78 is 49.6. The third-order valence-electron chi connectivity index (χ3n) is 6.68. The maximum atomic E-state index is 14.0. The predicted molar refractivity (Wildman–Crippen MR) is 148 cm³/mol. The number of fused-ring (bicyclic) bond motifs is 1. The van der Waals surface area contributed by atoms with Gasteiger partial charge in [-0.3, -0.25) is 0 Å². The van der Waals surface area contributed by atoms with Crippen molar-refractivity contribution in [3.05, 3.63) is 72.5 Å². The number of anilines is 2. The maximum absolute atomic E-state index is 14.0. The molecule has 0 saturated heterocycles. The Morgan fingerprint density at radius 2 is 1.73 bits per heavy atom. The monoisotopic (exact) mass is 525 g/mol. The Kier molecular flexibility index (Phi) is 8.21. The molecule has 1 aliphatic heterocycles. The van der Waals surface area contributed by atoms with E-state index in [0.29, 0.717) is 48.2 Å². The number of rotatable bonds is 8. The van der Waals surface area contributed by atoms with Gasteiger partial charge in [0.25, 0.3) is 0 Å². The van der Waals surface area contributed by atoms with Gasteiger partial charge in [0.1, 0.15) is 23.1 Å². The van der Waals surface area contributed by atoms with Crippen LogP contribution in [0.15, 0.2) is 71.6 Å². The van der Waals surface area contributed by atoms with Crippen molar-refractivity contribution in [1.82, 2.24) is 9.21 Å². The summed E-state index contributed by atoms with van der Waals surface area (Å²) in [6, 6.07) is 19.2. The van der Waals surface area contributed by atoms with Crippen molar-refractivity contribution >= 4 is 21.4 Å². The van der Waals surface area contributed by atoms with Gasteiger partial charge in [-0.15, -0.1) is 0 Å². The molecule has 0 saturated carbocycles. The summed E-state index contributed by atoms with van der Waals surface area (Å²) in [5.41, 5.74) is 2.80. The van der Waals surface area contributed by atoms with Crippen molar-refractivity contribution in [2.45, 2.75) is 31.2 Å². The molecular formula is C29H36FN3O3S. The van der Waals surface area contributed by atoms with Crippen LogP contribution < -0.4 is 9.64 Å². The Balaban J connectivity index is 1.95. The molecule has 0 aromatic heterocycles. The van der Waals surface area contributed by atoms with Crippen molar-refractivity contribution in [1.29, 1.82) is 0 Å². The first-order valence-electron chi connectivity index (χ1n) is 12.6. The van der Waals surface area contributed by atoms with Crippen LogP contribution >= 0.6 is 0 Å². The fourth-order valence-electron chi connectivity index (χ4n) is 4.67. The van der Waals surface area contributed by atoms with Crippen LogP contribution in [0.2, 0.25) is 0 Å². The summed E-state index contributed by atoms with van der Waals surface area (Å²) in [4.78, 5) is 4.31. The molecule has 0 N–H and O–H groups in total. The lowest BCUT2D eigenvalue weighted by Gasteiger charge is -2.30. The molecule has 1 aliphatic rings. The minimum atomic E-state index is -3.83. The first-order chi connectivity index (χ1) is 17.6. The van der Waals surface area contributed by atoms with E-state index in [9.17, 15) is 12.8 Å². The number of hydrogen-bond acceptors (Lipinski definition) is 5. The number of nitrogens with zero attached hydrogens (tertiary/aromatic N) is 3. The number of likely N-dealkylation sites (N-methyl/N-ethyl adjacent to an activating group) is 2. The van der Waals surface area contributed by atoms with E-state index in [-0.39, 0.29) is 16.8 Å². The number of para-hydroxylation sites is 1. The van der Waals surface area contributed by atoms with Crippen molar-refractivity contribution in [3.63, 3.8) is 0 Å². The summed E-state index contributed by atoms with van der Waals surface area (Å²) in [6.45, 7) is 5.84. The van der Waals surface area contributed by atoms with E-state index < -0.39 is 10.0 Å². The lowest BCUT2D eigenvalue weighted by molar-refractivity contribution is 0.262. The fraction of sp³-hybridized carbons (Fsp3) is 0.379. The van der Waals surface area contributed by atoms with Crippen molar-refractivity contribution in [2.24, 2.45) is 5.92 Å². The van der Waals surface area contributed by atoms with E-state index in [1.807, 2.05) is 55.4 Å². The van der Waals surface area contributed by atoms with Gasteiger partial charge in [-0.2, -0.15) is 4.31 Å². The molecular weight excluding hydrogens is 489 g/mol. The molecule has 8 heteroatoms. The Labute approximate surface area is 220 Å². The number of halogens is 1. The van der Waals surface area contributed by atoms with Gasteiger partial charge in [-0.25, -0.2) is 12.8 Å². The minimum absolute atomic E-state index is 0.212. The van der Waals surface area contributed by atoms with Gasteiger partial charge in [0.2, 0.25) is 10.0 Å². The first-order valence-corrected chi connectivity index (χ1v) is 14.0. The number of sulfonamides is 1. The second-order valence-corrected chi connectivity index (χ2v) is 12.2. The normalized spacial score (nSPS) is 17.6. The third kappa shape index (κ3) is 5.98. The number of ether oxygens (including phenoxy) is 1. The van der Waals surface area contributed by atoms with E-state index in [0.717, 1.165) is 12.1 Å². The fourth-order valence-corrected chi connectivity index (χ4v) is 6.23. The van der Waals surface area contributed by atoms with Crippen LogP contribution in [0, 0.1) is 11.7 Å². The van der Waals surface area contributed by atoms with E-state index in [1.165, 1.54) is 16.4 Å². The van der Waals surface area contributed by atoms with Gasteiger partial charge in [0.15, 0.2) is 0 Å². The SMILES string of the molecule is CC(C)C[C@@H]1CN(c2ccccc2)c2cc(OCCN(C)C)c(-c3ccc(F)cc3)cc2S(=O)(=O)N1C. The smallest absolute Gasteiger partial charge is 0.245 e. The molecule has 198 valence electrons. The Hall–Kier alpha value is -2.94. The van der Waals surface area contributed by atoms with Crippen LogP contribution in [0.3, 0.4) is 0 Å². The zero-order valence-corrected chi connectivity index (χ0v) is 23.0. The van der Waals surface area contributed by atoms with Gasteiger partial charge in [-0.1, -0.05) is 44.2 Å². The predicted octanol–water partition coefficient (Wildman–Crippen LogP) is 5.62. The van der Waals surface area contributed by atoms with Crippen molar-refractivity contribution in [3.8, 4) is 16.9 Å². The second kappa shape index (κ2) is 11.2. The van der Waals surface area contributed by atoms with Crippen molar-refractivity contribution in [2.75, 3.05) is 45.7 Å². The highest BCUT2D eigenvalue weighted by atomic mass is 32.2. The van der Waals surface area contributed by atoms with E-state index in [1.54, 1.807) is 25.2 Å². The van der Waals surface area contributed by atoms with Crippen LogP contribution in [0.4, 0.5) is 15.8 Å².